The molecule has 1 aromatic heterocycles. The van der Waals surface area contributed by atoms with Gasteiger partial charge in [-0.1, -0.05) is 25.4 Å². The Morgan fingerprint density at radius 1 is 1.62 bits per heavy atom. The molecule has 0 saturated carbocycles. The average Bonchev–Trinajstić information content (AvgIpc) is 2.50. The predicted molar refractivity (Wildman–Crippen MR) is 52.4 cm³/mol. The highest BCUT2D eigenvalue weighted by Gasteiger charge is 2.13. The number of hydrogen-bond acceptors (Lipinski definition) is 3. The molecule has 0 spiro atoms. The molecule has 0 amide bonds. The van der Waals surface area contributed by atoms with Crippen molar-refractivity contribution < 1.29 is 4.52 Å². The van der Waals surface area contributed by atoms with Crippen molar-refractivity contribution in [2.24, 2.45) is 11.7 Å². The summed E-state index contributed by atoms with van der Waals surface area (Å²) in [5, 5.41) is 3.82. The summed E-state index contributed by atoms with van der Waals surface area (Å²) in [5.41, 5.74) is 8.11. The van der Waals surface area contributed by atoms with Crippen LogP contribution in [0.4, 0.5) is 0 Å². The largest absolute Gasteiger partial charge is 0.364 e. The molecular formula is C10H18N2O. The number of hydrogen-bond donors (Lipinski definition) is 1. The van der Waals surface area contributed by atoms with E-state index in [-0.39, 0.29) is 6.04 Å². The summed E-state index contributed by atoms with van der Waals surface area (Å²) in [7, 11) is 0. The highest BCUT2D eigenvalue weighted by atomic mass is 16.5. The van der Waals surface area contributed by atoms with Crippen LogP contribution in [0.3, 0.4) is 0 Å². The molecule has 0 aliphatic carbocycles. The van der Waals surface area contributed by atoms with Gasteiger partial charge in [-0.15, -0.1) is 0 Å². The molecule has 2 atom stereocenters. The molecule has 13 heavy (non-hydrogen) atoms. The van der Waals surface area contributed by atoms with Gasteiger partial charge in [-0.25, -0.2) is 0 Å². The topological polar surface area (TPSA) is 52.0 Å². The second-order valence-electron chi connectivity index (χ2n) is 3.68. The average molecular weight is 182 g/mol. The zero-order valence-electron chi connectivity index (χ0n) is 8.58. The number of nitrogens with zero attached hydrogens (tertiary/aromatic N) is 1. The van der Waals surface area contributed by atoms with E-state index >= 15 is 0 Å². The number of aryl methyl sites for hydroxylation is 1. The van der Waals surface area contributed by atoms with E-state index in [1.165, 1.54) is 0 Å². The van der Waals surface area contributed by atoms with Crippen LogP contribution < -0.4 is 5.73 Å². The van der Waals surface area contributed by atoms with Crippen LogP contribution >= 0.6 is 0 Å². The number of nitrogens with two attached hydrogens (primary N) is 1. The molecule has 1 heterocycles. The van der Waals surface area contributed by atoms with E-state index in [0.29, 0.717) is 5.92 Å². The zero-order valence-corrected chi connectivity index (χ0v) is 8.58. The van der Waals surface area contributed by atoms with Crippen LogP contribution in [-0.4, -0.2) is 11.2 Å². The van der Waals surface area contributed by atoms with Crippen LogP contribution in [0.25, 0.3) is 0 Å². The minimum Gasteiger partial charge on any atom is -0.364 e. The van der Waals surface area contributed by atoms with Crippen LogP contribution in [0, 0.1) is 12.8 Å². The maximum absolute atomic E-state index is 6.02. The Labute approximate surface area is 79.3 Å². The second kappa shape index (κ2) is 4.42. The minimum atomic E-state index is 0.211. The molecule has 0 radical (unpaired) electrons. The maximum Gasteiger partial charge on any atom is 0.127 e. The van der Waals surface area contributed by atoms with Gasteiger partial charge < -0.3 is 10.3 Å². The Balaban J connectivity index is 2.54. The second-order valence-corrected chi connectivity index (χ2v) is 3.68. The predicted octanol–water partition coefficient (Wildman–Crippen LogP) is 1.90. The van der Waals surface area contributed by atoms with Crippen LogP contribution in [-0.2, 0) is 6.42 Å². The Hall–Kier alpha value is -0.830. The number of rotatable bonds is 4. The van der Waals surface area contributed by atoms with Crippen molar-refractivity contribution in [3.05, 3.63) is 17.5 Å². The fourth-order valence-electron chi connectivity index (χ4n) is 1.27. The van der Waals surface area contributed by atoms with Crippen molar-refractivity contribution in [1.82, 2.24) is 5.16 Å². The Morgan fingerprint density at radius 2 is 2.31 bits per heavy atom. The fourth-order valence-corrected chi connectivity index (χ4v) is 1.27. The molecule has 2 unspecified atom stereocenters. The van der Waals surface area contributed by atoms with Crippen molar-refractivity contribution in [2.75, 3.05) is 0 Å². The lowest BCUT2D eigenvalue weighted by molar-refractivity contribution is 0.411. The molecule has 3 nitrogen and oxygen atoms in total. The molecule has 1 rings (SSSR count). The first kappa shape index (κ1) is 10.3. The molecule has 74 valence electrons. The lowest BCUT2D eigenvalue weighted by Crippen LogP contribution is -2.30. The van der Waals surface area contributed by atoms with Crippen molar-refractivity contribution >= 4 is 0 Å². The molecular weight excluding hydrogens is 164 g/mol. The third kappa shape index (κ3) is 2.56. The SMILES string of the molecule is CCC(C)C(N)Cc1conc1C. The Kier molecular flexibility index (Phi) is 3.48. The summed E-state index contributed by atoms with van der Waals surface area (Å²) in [6, 6.07) is 0.211. The van der Waals surface area contributed by atoms with E-state index in [4.69, 9.17) is 10.3 Å². The van der Waals surface area contributed by atoms with E-state index in [1.807, 2.05) is 6.92 Å². The lowest BCUT2D eigenvalue weighted by Gasteiger charge is -2.17. The molecule has 0 aromatic carbocycles. The normalized spacial score (nSPS) is 15.7. The van der Waals surface area contributed by atoms with Crippen LogP contribution in [0.15, 0.2) is 10.8 Å². The highest BCUT2D eigenvalue weighted by molar-refractivity contribution is 5.14. The standard InChI is InChI=1S/C10H18N2O/c1-4-7(2)10(11)5-9-6-13-12-8(9)3/h6-7,10H,4-5,11H2,1-3H3. The van der Waals surface area contributed by atoms with E-state index in [1.54, 1.807) is 6.26 Å². The van der Waals surface area contributed by atoms with Gasteiger partial charge in [0.15, 0.2) is 0 Å². The third-order valence-electron chi connectivity index (χ3n) is 2.68. The summed E-state index contributed by atoms with van der Waals surface area (Å²) in [6.07, 6.45) is 3.67. The molecule has 0 aliphatic rings. The lowest BCUT2D eigenvalue weighted by atomic mass is 9.94. The van der Waals surface area contributed by atoms with Crippen LogP contribution in [0.5, 0.6) is 0 Å². The summed E-state index contributed by atoms with van der Waals surface area (Å²) >= 11 is 0. The van der Waals surface area contributed by atoms with Gasteiger partial charge in [0.1, 0.15) is 6.26 Å². The third-order valence-corrected chi connectivity index (χ3v) is 2.68. The first-order chi connectivity index (χ1) is 6.15. The van der Waals surface area contributed by atoms with Crippen molar-refractivity contribution in [1.29, 1.82) is 0 Å². The van der Waals surface area contributed by atoms with Gasteiger partial charge >= 0.3 is 0 Å². The van der Waals surface area contributed by atoms with E-state index < -0.39 is 0 Å². The summed E-state index contributed by atoms with van der Waals surface area (Å²) in [5.74, 6) is 0.550. The first-order valence-electron chi connectivity index (χ1n) is 4.80. The van der Waals surface area contributed by atoms with Gasteiger partial charge in [0, 0.05) is 11.6 Å². The monoisotopic (exact) mass is 182 g/mol. The van der Waals surface area contributed by atoms with Gasteiger partial charge in [0.25, 0.3) is 0 Å². The van der Waals surface area contributed by atoms with Gasteiger partial charge in [-0.3, -0.25) is 0 Å². The number of aromatic nitrogens is 1. The summed E-state index contributed by atoms with van der Waals surface area (Å²) in [6.45, 7) is 6.28. The minimum absolute atomic E-state index is 0.211. The summed E-state index contributed by atoms with van der Waals surface area (Å²) < 4.78 is 4.85. The molecule has 1 aromatic rings. The van der Waals surface area contributed by atoms with Crippen molar-refractivity contribution in [3.8, 4) is 0 Å². The quantitative estimate of drug-likeness (QED) is 0.773. The Morgan fingerprint density at radius 3 is 2.77 bits per heavy atom. The van der Waals surface area contributed by atoms with Gasteiger partial charge in [0.2, 0.25) is 0 Å². The molecule has 0 bridgehead atoms. The van der Waals surface area contributed by atoms with Gasteiger partial charge in [-0.05, 0) is 19.3 Å². The molecule has 0 aliphatic heterocycles. The molecule has 2 N–H and O–H groups in total. The smallest absolute Gasteiger partial charge is 0.127 e. The Bertz CT molecular complexity index is 257. The zero-order chi connectivity index (χ0) is 9.84. The fraction of sp³-hybridized carbons (Fsp3) is 0.700. The van der Waals surface area contributed by atoms with E-state index in [9.17, 15) is 0 Å². The maximum atomic E-state index is 6.02. The molecule has 3 heteroatoms. The van der Waals surface area contributed by atoms with E-state index in [0.717, 1.165) is 24.1 Å². The van der Waals surface area contributed by atoms with Crippen LogP contribution in [0.2, 0.25) is 0 Å². The van der Waals surface area contributed by atoms with Gasteiger partial charge in [-0.2, -0.15) is 0 Å². The highest BCUT2D eigenvalue weighted by Crippen LogP contribution is 2.13. The van der Waals surface area contributed by atoms with Crippen molar-refractivity contribution in [3.63, 3.8) is 0 Å². The molecule has 0 saturated heterocycles. The summed E-state index contributed by atoms with van der Waals surface area (Å²) in [4.78, 5) is 0. The van der Waals surface area contributed by atoms with Crippen molar-refractivity contribution in [2.45, 2.75) is 39.7 Å². The van der Waals surface area contributed by atoms with E-state index in [2.05, 4.69) is 19.0 Å². The molecule has 0 fully saturated rings. The van der Waals surface area contributed by atoms with Gasteiger partial charge in [0.05, 0.1) is 5.69 Å². The first-order valence-corrected chi connectivity index (χ1v) is 4.80. The van der Waals surface area contributed by atoms with Crippen LogP contribution in [0.1, 0.15) is 31.5 Å².